The zero-order valence-corrected chi connectivity index (χ0v) is 10.2. The zero-order chi connectivity index (χ0) is 11.2. The number of thiazole rings is 1. The molecule has 16 heavy (non-hydrogen) atoms. The van der Waals surface area contributed by atoms with Crippen LogP contribution in [0.1, 0.15) is 17.8 Å². The van der Waals surface area contributed by atoms with Crippen molar-refractivity contribution in [3.05, 3.63) is 16.6 Å². The highest BCUT2D eigenvalue weighted by atomic mass is 32.1. The lowest BCUT2D eigenvalue weighted by Crippen LogP contribution is -2.39. The highest BCUT2D eigenvalue weighted by Gasteiger charge is 2.20. The number of aromatic nitrogens is 1. The Morgan fingerprint density at radius 2 is 2.56 bits per heavy atom. The van der Waals surface area contributed by atoms with Crippen molar-refractivity contribution >= 4 is 11.3 Å². The Balaban J connectivity index is 1.77. The summed E-state index contributed by atoms with van der Waals surface area (Å²) in [5.41, 5.74) is 0. The van der Waals surface area contributed by atoms with E-state index in [0.29, 0.717) is 6.61 Å². The molecule has 4 nitrogen and oxygen atoms in total. The van der Waals surface area contributed by atoms with Crippen molar-refractivity contribution < 1.29 is 9.84 Å². The SMILES string of the molecule is OCCOC1CCCN(Cc2nccs2)C1. The third-order valence-corrected chi connectivity index (χ3v) is 3.51. The molecule has 1 aliphatic heterocycles. The van der Waals surface area contributed by atoms with E-state index in [-0.39, 0.29) is 12.7 Å². The molecule has 0 radical (unpaired) electrons. The number of piperidine rings is 1. The van der Waals surface area contributed by atoms with Gasteiger partial charge in [-0.1, -0.05) is 0 Å². The molecule has 1 atom stereocenters. The monoisotopic (exact) mass is 242 g/mol. The Bertz CT molecular complexity index is 292. The quantitative estimate of drug-likeness (QED) is 0.840. The maximum Gasteiger partial charge on any atom is 0.107 e. The molecule has 1 saturated heterocycles. The fraction of sp³-hybridized carbons (Fsp3) is 0.727. The molecule has 90 valence electrons. The molecule has 1 unspecified atom stereocenters. The van der Waals surface area contributed by atoms with Gasteiger partial charge in [-0.3, -0.25) is 4.90 Å². The highest BCUT2D eigenvalue weighted by Crippen LogP contribution is 2.16. The molecular weight excluding hydrogens is 224 g/mol. The number of hydrogen-bond donors (Lipinski definition) is 1. The van der Waals surface area contributed by atoms with Crippen molar-refractivity contribution in [3.8, 4) is 0 Å². The summed E-state index contributed by atoms with van der Waals surface area (Å²) in [6, 6.07) is 0. The summed E-state index contributed by atoms with van der Waals surface area (Å²) in [5.74, 6) is 0. The molecule has 1 fully saturated rings. The second-order valence-corrected chi connectivity index (χ2v) is 5.00. The maximum atomic E-state index is 8.72. The second kappa shape index (κ2) is 6.30. The summed E-state index contributed by atoms with van der Waals surface area (Å²) in [5, 5.41) is 11.9. The maximum absolute atomic E-state index is 8.72. The first-order valence-electron chi connectivity index (χ1n) is 5.71. The molecule has 1 aliphatic rings. The topological polar surface area (TPSA) is 45.6 Å². The third kappa shape index (κ3) is 3.52. The smallest absolute Gasteiger partial charge is 0.107 e. The minimum atomic E-state index is 0.114. The number of hydrogen-bond acceptors (Lipinski definition) is 5. The molecule has 1 aromatic heterocycles. The standard InChI is InChI=1S/C11H18N2O2S/c14-5-6-15-10-2-1-4-13(8-10)9-11-12-3-7-16-11/h3,7,10,14H,1-2,4-6,8-9H2. The molecule has 2 rings (SSSR count). The van der Waals surface area contributed by atoms with Gasteiger partial charge < -0.3 is 9.84 Å². The molecular formula is C11H18N2O2S. The Labute approximate surface area is 99.9 Å². The summed E-state index contributed by atoms with van der Waals surface area (Å²) in [4.78, 5) is 6.67. The lowest BCUT2D eigenvalue weighted by molar-refractivity contribution is -0.0163. The van der Waals surface area contributed by atoms with Crippen molar-refractivity contribution in [3.63, 3.8) is 0 Å². The lowest BCUT2D eigenvalue weighted by atomic mass is 10.1. The first-order chi connectivity index (χ1) is 7.88. The van der Waals surface area contributed by atoms with Gasteiger partial charge in [-0.2, -0.15) is 0 Å². The minimum absolute atomic E-state index is 0.114. The van der Waals surface area contributed by atoms with Crippen LogP contribution < -0.4 is 0 Å². The first-order valence-corrected chi connectivity index (χ1v) is 6.59. The predicted octanol–water partition coefficient (Wildman–Crippen LogP) is 1.12. The highest BCUT2D eigenvalue weighted by molar-refractivity contribution is 7.09. The fourth-order valence-electron chi connectivity index (χ4n) is 2.03. The van der Waals surface area contributed by atoms with Gasteiger partial charge in [0.1, 0.15) is 5.01 Å². The van der Waals surface area contributed by atoms with Crippen LogP contribution in [0.3, 0.4) is 0 Å². The van der Waals surface area contributed by atoms with Crippen LogP contribution in [-0.2, 0) is 11.3 Å². The van der Waals surface area contributed by atoms with Crippen molar-refractivity contribution in [2.45, 2.75) is 25.5 Å². The Kier molecular flexibility index (Phi) is 4.71. The van der Waals surface area contributed by atoms with Crippen molar-refractivity contribution in [1.82, 2.24) is 9.88 Å². The van der Waals surface area contributed by atoms with Gasteiger partial charge in [0.15, 0.2) is 0 Å². The number of ether oxygens (including phenoxy) is 1. The second-order valence-electron chi connectivity index (χ2n) is 4.02. The lowest BCUT2D eigenvalue weighted by Gasteiger charge is -2.31. The first kappa shape index (κ1) is 12.0. The molecule has 0 saturated carbocycles. The normalized spacial score (nSPS) is 22.4. The van der Waals surface area contributed by atoms with Crippen LogP contribution >= 0.6 is 11.3 Å². The Hall–Kier alpha value is -0.490. The van der Waals surface area contributed by atoms with E-state index >= 15 is 0 Å². The minimum Gasteiger partial charge on any atom is -0.394 e. The average Bonchev–Trinajstić information content (AvgIpc) is 2.80. The van der Waals surface area contributed by atoms with E-state index in [4.69, 9.17) is 9.84 Å². The summed E-state index contributed by atoms with van der Waals surface area (Å²) in [6.45, 7) is 3.58. The van der Waals surface area contributed by atoms with E-state index in [1.807, 2.05) is 11.6 Å². The van der Waals surface area contributed by atoms with Gasteiger partial charge in [-0.15, -0.1) is 11.3 Å². The fourth-order valence-corrected chi connectivity index (χ4v) is 2.69. The molecule has 1 N–H and O–H groups in total. The molecule has 1 aromatic rings. The Morgan fingerprint density at radius 3 is 3.31 bits per heavy atom. The summed E-state index contributed by atoms with van der Waals surface area (Å²) < 4.78 is 5.57. The van der Waals surface area contributed by atoms with Crippen LogP contribution in [0.2, 0.25) is 0 Å². The van der Waals surface area contributed by atoms with Crippen molar-refractivity contribution in [2.75, 3.05) is 26.3 Å². The van der Waals surface area contributed by atoms with Crippen LogP contribution in [0.25, 0.3) is 0 Å². The molecule has 0 bridgehead atoms. The van der Waals surface area contributed by atoms with Crippen LogP contribution in [0, 0.1) is 0 Å². The molecule has 5 heteroatoms. The van der Waals surface area contributed by atoms with E-state index in [2.05, 4.69) is 9.88 Å². The van der Waals surface area contributed by atoms with Crippen molar-refractivity contribution in [2.24, 2.45) is 0 Å². The molecule has 0 amide bonds. The number of aliphatic hydroxyl groups excluding tert-OH is 1. The van der Waals surface area contributed by atoms with Crippen LogP contribution in [0.5, 0.6) is 0 Å². The largest absolute Gasteiger partial charge is 0.394 e. The van der Waals surface area contributed by atoms with E-state index in [1.54, 1.807) is 11.3 Å². The van der Waals surface area contributed by atoms with E-state index in [1.165, 1.54) is 11.4 Å². The van der Waals surface area contributed by atoms with Crippen molar-refractivity contribution in [1.29, 1.82) is 0 Å². The van der Waals surface area contributed by atoms with Gasteiger partial charge in [-0.25, -0.2) is 4.98 Å². The number of rotatable bonds is 5. The number of likely N-dealkylation sites (tertiary alicyclic amines) is 1. The summed E-state index contributed by atoms with van der Waals surface area (Å²) >= 11 is 1.70. The summed E-state index contributed by atoms with van der Waals surface area (Å²) in [7, 11) is 0. The molecule has 0 aromatic carbocycles. The molecule has 0 aliphatic carbocycles. The van der Waals surface area contributed by atoms with Gasteiger partial charge in [0, 0.05) is 18.1 Å². The van der Waals surface area contributed by atoms with Crippen LogP contribution in [0.15, 0.2) is 11.6 Å². The Morgan fingerprint density at radius 1 is 1.62 bits per heavy atom. The van der Waals surface area contributed by atoms with Crippen LogP contribution in [0.4, 0.5) is 0 Å². The predicted molar refractivity (Wildman–Crippen MR) is 63.5 cm³/mol. The number of nitrogens with zero attached hydrogens (tertiary/aromatic N) is 2. The van der Waals surface area contributed by atoms with E-state index in [9.17, 15) is 0 Å². The van der Waals surface area contributed by atoms with Gasteiger partial charge in [0.05, 0.1) is 25.9 Å². The van der Waals surface area contributed by atoms with Gasteiger partial charge >= 0.3 is 0 Å². The zero-order valence-electron chi connectivity index (χ0n) is 9.34. The van der Waals surface area contributed by atoms with E-state index < -0.39 is 0 Å². The van der Waals surface area contributed by atoms with Gasteiger partial charge in [0.2, 0.25) is 0 Å². The van der Waals surface area contributed by atoms with E-state index in [0.717, 1.165) is 26.1 Å². The summed E-state index contributed by atoms with van der Waals surface area (Å²) in [6.07, 6.45) is 4.40. The molecule has 0 spiro atoms. The average molecular weight is 242 g/mol. The van der Waals surface area contributed by atoms with Crippen LogP contribution in [-0.4, -0.2) is 47.4 Å². The third-order valence-electron chi connectivity index (χ3n) is 2.75. The number of aliphatic hydroxyl groups is 1. The van der Waals surface area contributed by atoms with Gasteiger partial charge in [0.25, 0.3) is 0 Å². The molecule has 2 heterocycles. The van der Waals surface area contributed by atoms with Gasteiger partial charge in [-0.05, 0) is 19.4 Å².